The van der Waals surface area contributed by atoms with Gasteiger partial charge in [0.25, 0.3) is 0 Å². The number of nitrogens with two attached hydrogens (primary N) is 1. The van der Waals surface area contributed by atoms with Crippen molar-refractivity contribution in [2.24, 2.45) is 12.8 Å². The van der Waals surface area contributed by atoms with Crippen molar-refractivity contribution in [2.75, 3.05) is 19.7 Å². The molecular weight excluding hydrogens is 264 g/mol. The van der Waals surface area contributed by atoms with Crippen LogP contribution in [0.3, 0.4) is 0 Å². The first kappa shape index (κ1) is 14.5. The molecule has 110 valence electrons. The van der Waals surface area contributed by atoms with Crippen molar-refractivity contribution in [3.05, 3.63) is 18.0 Å². The lowest BCUT2D eigenvalue weighted by Crippen LogP contribution is -2.49. The monoisotopic (exact) mass is 282 g/mol. The van der Waals surface area contributed by atoms with E-state index in [0.29, 0.717) is 18.7 Å². The third-order valence-corrected chi connectivity index (χ3v) is 3.20. The van der Waals surface area contributed by atoms with Crippen molar-refractivity contribution in [2.45, 2.75) is 18.6 Å². The van der Waals surface area contributed by atoms with Crippen LogP contribution in [0.4, 0.5) is 0 Å². The highest BCUT2D eigenvalue weighted by Gasteiger charge is 2.29. The standard InChI is InChI=1S/C12H18N4O4/c1-15-6-8(5-14-15)11(13)12(19)16-2-3-20-9(7-16)4-10(17)18/h5-6,9,11H,2-4,7,13H2,1H3,(H,17,18). The Morgan fingerprint density at radius 2 is 2.40 bits per heavy atom. The van der Waals surface area contributed by atoms with E-state index >= 15 is 0 Å². The van der Waals surface area contributed by atoms with Crippen molar-refractivity contribution < 1.29 is 19.4 Å². The van der Waals surface area contributed by atoms with Gasteiger partial charge in [0, 0.05) is 31.9 Å². The molecule has 1 amide bonds. The number of hydrogen-bond acceptors (Lipinski definition) is 5. The maximum atomic E-state index is 12.3. The van der Waals surface area contributed by atoms with Gasteiger partial charge in [0.05, 0.1) is 25.3 Å². The van der Waals surface area contributed by atoms with E-state index in [9.17, 15) is 9.59 Å². The Balaban J connectivity index is 1.99. The third-order valence-electron chi connectivity index (χ3n) is 3.20. The molecule has 1 fully saturated rings. The summed E-state index contributed by atoms with van der Waals surface area (Å²) in [6.45, 7) is 0.992. The summed E-state index contributed by atoms with van der Waals surface area (Å²) in [6, 6.07) is -0.785. The summed E-state index contributed by atoms with van der Waals surface area (Å²) in [7, 11) is 1.75. The number of amides is 1. The molecule has 2 atom stereocenters. The molecule has 2 unspecified atom stereocenters. The molecule has 2 heterocycles. The van der Waals surface area contributed by atoms with E-state index in [4.69, 9.17) is 15.6 Å². The SMILES string of the molecule is Cn1cc(C(N)C(=O)N2CCOC(CC(=O)O)C2)cn1. The first-order valence-corrected chi connectivity index (χ1v) is 6.33. The second kappa shape index (κ2) is 6.02. The average molecular weight is 282 g/mol. The van der Waals surface area contributed by atoms with E-state index in [1.165, 1.54) is 0 Å². The van der Waals surface area contributed by atoms with Gasteiger partial charge in [-0.1, -0.05) is 0 Å². The van der Waals surface area contributed by atoms with Gasteiger partial charge in [0.15, 0.2) is 0 Å². The van der Waals surface area contributed by atoms with Crippen LogP contribution in [0.15, 0.2) is 12.4 Å². The second-order valence-electron chi connectivity index (χ2n) is 4.80. The molecule has 0 spiro atoms. The number of carboxylic acids is 1. The van der Waals surface area contributed by atoms with Crippen LogP contribution in [0.2, 0.25) is 0 Å². The fourth-order valence-corrected chi connectivity index (χ4v) is 2.18. The highest BCUT2D eigenvalue weighted by atomic mass is 16.5. The Hall–Kier alpha value is -1.93. The lowest BCUT2D eigenvalue weighted by molar-refractivity contribution is -0.148. The maximum absolute atomic E-state index is 12.3. The van der Waals surface area contributed by atoms with E-state index < -0.39 is 18.1 Å². The Kier molecular flexibility index (Phi) is 4.35. The van der Waals surface area contributed by atoms with E-state index in [2.05, 4.69) is 5.10 Å². The van der Waals surface area contributed by atoms with Gasteiger partial charge in [-0.05, 0) is 0 Å². The number of aliphatic carboxylic acids is 1. The van der Waals surface area contributed by atoms with Crippen molar-refractivity contribution in [3.8, 4) is 0 Å². The Bertz CT molecular complexity index is 501. The summed E-state index contributed by atoms with van der Waals surface area (Å²) >= 11 is 0. The van der Waals surface area contributed by atoms with Crippen molar-refractivity contribution in [1.82, 2.24) is 14.7 Å². The number of ether oxygens (including phenoxy) is 1. The second-order valence-corrected chi connectivity index (χ2v) is 4.80. The number of morpholine rings is 1. The van der Waals surface area contributed by atoms with Gasteiger partial charge < -0.3 is 20.5 Å². The predicted molar refractivity (Wildman–Crippen MR) is 68.7 cm³/mol. The molecule has 20 heavy (non-hydrogen) atoms. The zero-order valence-corrected chi connectivity index (χ0v) is 11.2. The number of hydrogen-bond donors (Lipinski definition) is 2. The van der Waals surface area contributed by atoms with Gasteiger partial charge >= 0.3 is 5.97 Å². The number of nitrogens with zero attached hydrogens (tertiary/aromatic N) is 3. The van der Waals surface area contributed by atoms with Crippen LogP contribution in [0.25, 0.3) is 0 Å². The summed E-state index contributed by atoms with van der Waals surface area (Å²) in [6.07, 6.45) is 2.65. The first-order chi connectivity index (χ1) is 9.47. The molecule has 0 aromatic carbocycles. The molecule has 0 saturated carbocycles. The summed E-state index contributed by atoms with van der Waals surface area (Å²) in [5, 5.41) is 12.7. The predicted octanol–water partition coefficient (Wildman–Crippen LogP) is -0.878. The molecule has 8 heteroatoms. The Labute approximate surface area is 116 Å². The molecule has 8 nitrogen and oxygen atoms in total. The minimum absolute atomic E-state index is 0.119. The van der Waals surface area contributed by atoms with Gasteiger partial charge in [0.1, 0.15) is 6.04 Å². The molecule has 3 N–H and O–H groups in total. The number of aromatic nitrogens is 2. The summed E-state index contributed by atoms with van der Waals surface area (Å²) in [5.74, 6) is -1.18. The average Bonchev–Trinajstić information content (AvgIpc) is 2.83. The molecule has 0 bridgehead atoms. The third kappa shape index (κ3) is 3.34. The van der Waals surface area contributed by atoms with Gasteiger partial charge in [0.2, 0.25) is 5.91 Å². The quantitative estimate of drug-likeness (QED) is 0.742. The molecule has 0 aliphatic carbocycles. The zero-order chi connectivity index (χ0) is 14.7. The summed E-state index contributed by atoms with van der Waals surface area (Å²) in [5.41, 5.74) is 6.57. The minimum atomic E-state index is -0.944. The van der Waals surface area contributed by atoms with Crippen molar-refractivity contribution in [3.63, 3.8) is 0 Å². The lowest BCUT2D eigenvalue weighted by atomic mass is 10.1. The van der Waals surface area contributed by atoms with Gasteiger partial charge in [-0.3, -0.25) is 14.3 Å². The number of aryl methyl sites for hydroxylation is 1. The van der Waals surface area contributed by atoms with E-state index in [1.54, 1.807) is 29.0 Å². The van der Waals surface area contributed by atoms with E-state index in [1.807, 2.05) is 0 Å². The number of rotatable bonds is 4. The summed E-state index contributed by atoms with van der Waals surface area (Å²) < 4.78 is 6.91. The summed E-state index contributed by atoms with van der Waals surface area (Å²) in [4.78, 5) is 24.5. The molecule has 1 aliphatic rings. The molecule has 1 aromatic rings. The van der Waals surface area contributed by atoms with Crippen molar-refractivity contribution >= 4 is 11.9 Å². The lowest BCUT2D eigenvalue weighted by Gasteiger charge is -2.33. The fourth-order valence-electron chi connectivity index (χ4n) is 2.18. The largest absolute Gasteiger partial charge is 0.481 e. The highest BCUT2D eigenvalue weighted by Crippen LogP contribution is 2.16. The number of carboxylic acid groups (broad SMARTS) is 1. The van der Waals surface area contributed by atoms with Gasteiger partial charge in [-0.15, -0.1) is 0 Å². The van der Waals surface area contributed by atoms with Crippen LogP contribution in [-0.2, 0) is 21.4 Å². The van der Waals surface area contributed by atoms with Crippen molar-refractivity contribution in [1.29, 1.82) is 0 Å². The normalized spacial score (nSPS) is 20.7. The van der Waals surface area contributed by atoms with Crippen LogP contribution in [0.5, 0.6) is 0 Å². The van der Waals surface area contributed by atoms with Gasteiger partial charge in [-0.25, -0.2) is 0 Å². The van der Waals surface area contributed by atoms with E-state index in [0.717, 1.165) is 0 Å². The Morgan fingerprint density at radius 3 is 3.00 bits per heavy atom. The molecule has 1 aliphatic heterocycles. The zero-order valence-electron chi connectivity index (χ0n) is 11.2. The van der Waals surface area contributed by atoms with Crippen LogP contribution >= 0.6 is 0 Å². The smallest absolute Gasteiger partial charge is 0.306 e. The molecule has 1 aromatic heterocycles. The fraction of sp³-hybridized carbons (Fsp3) is 0.583. The molecule has 1 saturated heterocycles. The molecular formula is C12H18N4O4. The van der Waals surface area contributed by atoms with Gasteiger partial charge in [-0.2, -0.15) is 5.10 Å². The van der Waals surface area contributed by atoms with Crippen LogP contribution in [0, 0.1) is 0 Å². The molecule has 0 radical (unpaired) electrons. The number of carbonyl (C=O) groups excluding carboxylic acids is 1. The molecule has 2 rings (SSSR count). The topological polar surface area (TPSA) is 111 Å². The highest BCUT2D eigenvalue weighted by molar-refractivity contribution is 5.83. The number of carbonyl (C=O) groups is 2. The van der Waals surface area contributed by atoms with E-state index in [-0.39, 0.29) is 18.9 Å². The van der Waals surface area contributed by atoms with Crippen LogP contribution in [-0.4, -0.2) is 57.5 Å². The maximum Gasteiger partial charge on any atom is 0.306 e. The minimum Gasteiger partial charge on any atom is -0.481 e. The van der Waals surface area contributed by atoms with Crippen LogP contribution < -0.4 is 5.73 Å². The Morgan fingerprint density at radius 1 is 1.65 bits per heavy atom. The van der Waals surface area contributed by atoms with Crippen LogP contribution in [0.1, 0.15) is 18.0 Å². The first-order valence-electron chi connectivity index (χ1n) is 6.33.